The fraction of sp³-hybridized carbons (Fsp3) is 0.400. The van der Waals surface area contributed by atoms with Crippen molar-refractivity contribution in [2.75, 3.05) is 11.1 Å². The Morgan fingerprint density at radius 2 is 2.15 bits per heavy atom. The van der Waals surface area contributed by atoms with Gasteiger partial charge in [-0.05, 0) is 36.8 Å². The lowest BCUT2D eigenvalue weighted by Gasteiger charge is -2.32. The van der Waals surface area contributed by atoms with Gasteiger partial charge in [0.1, 0.15) is 6.33 Å². The molecule has 0 bridgehead atoms. The molecule has 5 nitrogen and oxygen atoms in total. The summed E-state index contributed by atoms with van der Waals surface area (Å²) in [5.74, 6) is 1.32. The van der Waals surface area contributed by atoms with Gasteiger partial charge in [0.15, 0.2) is 0 Å². The third kappa shape index (κ3) is 2.43. The van der Waals surface area contributed by atoms with Gasteiger partial charge in [0.2, 0.25) is 11.9 Å². The van der Waals surface area contributed by atoms with Gasteiger partial charge in [-0.1, -0.05) is 30.7 Å². The fourth-order valence-corrected chi connectivity index (χ4v) is 2.85. The fourth-order valence-electron chi connectivity index (χ4n) is 2.85. The minimum Gasteiger partial charge on any atom is -0.368 e. The van der Waals surface area contributed by atoms with Crippen LogP contribution in [0.25, 0.3) is 0 Å². The van der Waals surface area contributed by atoms with Crippen molar-refractivity contribution in [2.24, 2.45) is 5.92 Å². The molecular weight excluding hydrogens is 250 g/mol. The van der Waals surface area contributed by atoms with Crippen LogP contribution in [0.1, 0.15) is 36.1 Å². The maximum absolute atomic E-state index is 5.61. The number of fused-ring (bicyclic) bond motifs is 1. The lowest BCUT2D eigenvalue weighted by atomic mass is 9.80. The van der Waals surface area contributed by atoms with Gasteiger partial charge < -0.3 is 11.1 Å². The molecule has 0 amide bonds. The number of benzene rings is 1. The zero-order valence-corrected chi connectivity index (χ0v) is 11.8. The topological polar surface area (TPSA) is 76.7 Å². The molecule has 2 aromatic rings. The summed E-state index contributed by atoms with van der Waals surface area (Å²) in [6.45, 7) is 4.39. The first-order valence-electron chi connectivity index (χ1n) is 6.94. The first-order valence-corrected chi connectivity index (χ1v) is 6.94. The van der Waals surface area contributed by atoms with Crippen molar-refractivity contribution in [3.05, 3.63) is 41.2 Å². The maximum atomic E-state index is 5.61. The highest BCUT2D eigenvalue weighted by Crippen LogP contribution is 2.36. The zero-order valence-electron chi connectivity index (χ0n) is 11.8. The first-order chi connectivity index (χ1) is 9.63. The molecule has 5 heteroatoms. The Kier molecular flexibility index (Phi) is 3.26. The first kappa shape index (κ1) is 12.8. The van der Waals surface area contributed by atoms with E-state index in [4.69, 9.17) is 5.73 Å². The minimum absolute atomic E-state index is 0.223. The van der Waals surface area contributed by atoms with Crippen LogP contribution in [-0.4, -0.2) is 15.0 Å². The molecule has 0 unspecified atom stereocenters. The number of anilines is 2. The molecule has 0 saturated heterocycles. The lowest BCUT2D eigenvalue weighted by Crippen LogP contribution is -2.26. The van der Waals surface area contributed by atoms with Crippen LogP contribution < -0.4 is 11.1 Å². The molecule has 3 N–H and O–H groups in total. The Labute approximate surface area is 118 Å². The molecule has 1 aliphatic rings. The Hall–Kier alpha value is -2.17. The van der Waals surface area contributed by atoms with E-state index >= 15 is 0 Å². The second-order valence-corrected chi connectivity index (χ2v) is 5.51. The number of nitrogens with two attached hydrogens (primary N) is 1. The summed E-state index contributed by atoms with van der Waals surface area (Å²) in [5, 5.41) is 3.40. The van der Waals surface area contributed by atoms with E-state index in [0.717, 1.165) is 12.8 Å². The van der Waals surface area contributed by atoms with Crippen molar-refractivity contribution < 1.29 is 0 Å². The molecule has 1 aromatic carbocycles. The van der Waals surface area contributed by atoms with E-state index in [0.29, 0.717) is 11.9 Å². The third-order valence-corrected chi connectivity index (χ3v) is 3.95. The predicted molar refractivity (Wildman–Crippen MR) is 79.3 cm³/mol. The number of aryl methyl sites for hydroxylation is 2. The Morgan fingerprint density at radius 3 is 2.95 bits per heavy atom. The minimum atomic E-state index is 0.223. The molecule has 1 aromatic heterocycles. The third-order valence-electron chi connectivity index (χ3n) is 3.95. The van der Waals surface area contributed by atoms with Crippen LogP contribution in [0.15, 0.2) is 24.5 Å². The molecule has 3 rings (SSSR count). The van der Waals surface area contributed by atoms with Crippen molar-refractivity contribution in [3.8, 4) is 0 Å². The van der Waals surface area contributed by atoms with Crippen LogP contribution in [0.2, 0.25) is 0 Å². The van der Waals surface area contributed by atoms with Gasteiger partial charge >= 0.3 is 0 Å². The van der Waals surface area contributed by atoms with E-state index in [-0.39, 0.29) is 12.0 Å². The summed E-state index contributed by atoms with van der Waals surface area (Å²) >= 11 is 0. The van der Waals surface area contributed by atoms with Crippen LogP contribution in [0.4, 0.5) is 11.9 Å². The summed E-state index contributed by atoms with van der Waals surface area (Å²) in [7, 11) is 0. The van der Waals surface area contributed by atoms with Crippen LogP contribution in [0, 0.1) is 12.8 Å². The number of nitrogen functional groups attached to an aromatic ring is 1. The molecule has 0 spiro atoms. The molecule has 0 radical (unpaired) electrons. The van der Waals surface area contributed by atoms with Crippen molar-refractivity contribution in [3.63, 3.8) is 0 Å². The zero-order chi connectivity index (χ0) is 14.1. The second-order valence-electron chi connectivity index (χ2n) is 5.51. The smallest absolute Gasteiger partial charge is 0.227 e. The Balaban J connectivity index is 1.93. The van der Waals surface area contributed by atoms with Crippen LogP contribution in [-0.2, 0) is 6.42 Å². The molecule has 104 valence electrons. The Morgan fingerprint density at radius 1 is 1.30 bits per heavy atom. The van der Waals surface area contributed by atoms with Gasteiger partial charge in [-0.2, -0.15) is 4.98 Å². The lowest BCUT2D eigenvalue weighted by molar-refractivity contribution is 0.432. The number of nitrogens with one attached hydrogen (secondary N) is 1. The van der Waals surface area contributed by atoms with E-state index < -0.39 is 0 Å². The predicted octanol–water partition coefficient (Wildman–Crippen LogP) is 2.50. The van der Waals surface area contributed by atoms with Crippen LogP contribution >= 0.6 is 0 Å². The van der Waals surface area contributed by atoms with Gasteiger partial charge in [-0.15, -0.1) is 0 Å². The number of aromatic nitrogens is 3. The van der Waals surface area contributed by atoms with E-state index in [9.17, 15) is 0 Å². The summed E-state index contributed by atoms with van der Waals surface area (Å²) in [6.07, 6.45) is 3.73. The highest BCUT2D eigenvalue weighted by Gasteiger charge is 2.27. The highest BCUT2D eigenvalue weighted by atomic mass is 15.2. The van der Waals surface area contributed by atoms with Gasteiger partial charge in [0.05, 0.1) is 6.04 Å². The van der Waals surface area contributed by atoms with Gasteiger partial charge in [0, 0.05) is 0 Å². The molecule has 2 atom stereocenters. The molecule has 0 saturated carbocycles. The molecule has 20 heavy (non-hydrogen) atoms. The second kappa shape index (κ2) is 5.07. The number of rotatable bonds is 2. The van der Waals surface area contributed by atoms with Gasteiger partial charge in [-0.3, -0.25) is 0 Å². The molecular formula is C15H19N5. The van der Waals surface area contributed by atoms with Crippen LogP contribution in [0.5, 0.6) is 0 Å². The van der Waals surface area contributed by atoms with E-state index in [1.165, 1.54) is 23.0 Å². The number of hydrogen-bond donors (Lipinski definition) is 2. The normalized spacial score (nSPS) is 21.3. The van der Waals surface area contributed by atoms with E-state index in [2.05, 4.69) is 52.3 Å². The summed E-state index contributed by atoms with van der Waals surface area (Å²) in [4.78, 5) is 12.1. The molecule has 1 aliphatic carbocycles. The van der Waals surface area contributed by atoms with E-state index in [1.807, 2.05) is 0 Å². The average molecular weight is 269 g/mol. The maximum Gasteiger partial charge on any atom is 0.227 e. The van der Waals surface area contributed by atoms with Gasteiger partial charge in [0.25, 0.3) is 0 Å². The summed E-state index contributed by atoms with van der Waals surface area (Å²) in [6, 6.07) is 6.87. The molecule has 1 heterocycles. The quantitative estimate of drug-likeness (QED) is 0.876. The van der Waals surface area contributed by atoms with Crippen molar-refractivity contribution in [2.45, 2.75) is 32.7 Å². The largest absolute Gasteiger partial charge is 0.368 e. The summed E-state index contributed by atoms with van der Waals surface area (Å²) in [5.41, 5.74) is 9.68. The average Bonchev–Trinajstić information content (AvgIpc) is 2.42. The highest BCUT2D eigenvalue weighted by molar-refractivity contribution is 5.41. The standard InChI is InChI=1S/C15H19N5/c1-9-3-6-12-11(7-9)5-4-10(2)13(12)19-15-18-8-17-14(16)20-15/h3,6-8,10,13H,4-5H2,1-2H3,(H3,16,17,18,19,20)/t10-,13+/m0/s1. The van der Waals surface area contributed by atoms with Crippen molar-refractivity contribution in [1.82, 2.24) is 15.0 Å². The van der Waals surface area contributed by atoms with Crippen molar-refractivity contribution >= 4 is 11.9 Å². The SMILES string of the molecule is Cc1ccc2c(c1)CC[C@H](C)[C@H]2Nc1ncnc(N)n1. The van der Waals surface area contributed by atoms with E-state index in [1.54, 1.807) is 0 Å². The van der Waals surface area contributed by atoms with Crippen molar-refractivity contribution in [1.29, 1.82) is 0 Å². The van der Waals surface area contributed by atoms with Gasteiger partial charge in [-0.25, -0.2) is 9.97 Å². The monoisotopic (exact) mass is 269 g/mol. The van der Waals surface area contributed by atoms with Crippen LogP contribution in [0.3, 0.4) is 0 Å². The number of hydrogen-bond acceptors (Lipinski definition) is 5. The molecule has 0 fully saturated rings. The summed E-state index contributed by atoms with van der Waals surface area (Å²) < 4.78 is 0. The Bertz CT molecular complexity index is 625. The molecule has 0 aliphatic heterocycles. The number of nitrogens with zero attached hydrogens (tertiary/aromatic N) is 3.